The Hall–Kier alpha value is -1.58. The van der Waals surface area contributed by atoms with Gasteiger partial charge in [-0.25, -0.2) is 4.39 Å². The number of hydrogen-bond donors (Lipinski definition) is 1. The Labute approximate surface area is 130 Å². The second-order valence-corrected chi connectivity index (χ2v) is 5.42. The van der Waals surface area contributed by atoms with Crippen molar-refractivity contribution in [2.75, 3.05) is 18.5 Å². The summed E-state index contributed by atoms with van der Waals surface area (Å²) in [5.74, 6) is -0.229. The van der Waals surface area contributed by atoms with Gasteiger partial charge < -0.3 is 10.2 Å². The topological polar surface area (TPSA) is 15.3 Å². The molecule has 0 heterocycles. The highest BCUT2D eigenvalue weighted by Gasteiger charge is 2.10. The summed E-state index contributed by atoms with van der Waals surface area (Å²) in [5, 5.41) is 4.11. The minimum absolute atomic E-state index is 0.229. The minimum atomic E-state index is -0.229. The average Bonchev–Trinajstić information content (AvgIpc) is 2.48. The Balaban J connectivity index is 2.26. The first-order valence-corrected chi connectivity index (χ1v) is 7.48. The Bertz CT molecular complexity index is 584. The molecule has 0 aliphatic rings. The lowest BCUT2D eigenvalue weighted by Crippen LogP contribution is -2.18. The van der Waals surface area contributed by atoms with E-state index in [0.29, 0.717) is 0 Å². The normalized spacial score (nSPS) is 10.7. The monoisotopic (exact) mass is 306 g/mol. The van der Waals surface area contributed by atoms with Crippen LogP contribution in [0.4, 0.5) is 15.8 Å². The van der Waals surface area contributed by atoms with E-state index in [9.17, 15) is 4.39 Å². The largest absolute Gasteiger partial charge is 0.344 e. The molecular weight excluding hydrogens is 287 g/mol. The van der Waals surface area contributed by atoms with E-state index >= 15 is 0 Å². The van der Waals surface area contributed by atoms with Gasteiger partial charge in [-0.15, -0.1) is 0 Å². The summed E-state index contributed by atoms with van der Waals surface area (Å²) >= 11 is 6.11. The molecule has 0 aliphatic heterocycles. The second-order valence-electron chi connectivity index (χ2n) is 4.99. The Kier molecular flexibility index (Phi) is 5.59. The first-order chi connectivity index (χ1) is 10.1. The van der Waals surface area contributed by atoms with Crippen molar-refractivity contribution < 1.29 is 4.39 Å². The molecule has 2 aromatic rings. The second kappa shape index (κ2) is 7.43. The van der Waals surface area contributed by atoms with Gasteiger partial charge in [0.1, 0.15) is 5.82 Å². The molecule has 21 heavy (non-hydrogen) atoms. The Morgan fingerprint density at radius 3 is 2.52 bits per heavy atom. The summed E-state index contributed by atoms with van der Waals surface area (Å²) in [5.41, 5.74) is 3.13. The summed E-state index contributed by atoms with van der Waals surface area (Å²) in [6.07, 6.45) is 1.09. The summed E-state index contributed by atoms with van der Waals surface area (Å²) < 4.78 is 13.0. The van der Waals surface area contributed by atoms with Crippen molar-refractivity contribution in [2.45, 2.75) is 19.9 Å². The van der Waals surface area contributed by atoms with Gasteiger partial charge in [0, 0.05) is 30.0 Å². The van der Waals surface area contributed by atoms with E-state index in [2.05, 4.69) is 12.2 Å². The molecule has 0 saturated carbocycles. The van der Waals surface area contributed by atoms with Crippen molar-refractivity contribution in [2.24, 2.45) is 0 Å². The SMILES string of the molecule is CCCNCc1cc(Cl)ccc1N(C)c1ccc(F)cc1. The van der Waals surface area contributed by atoms with Gasteiger partial charge in [-0.2, -0.15) is 0 Å². The van der Waals surface area contributed by atoms with Crippen LogP contribution in [-0.2, 0) is 6.54 Å². The molecule has 0 bridgehead atoms. The van der Waals surface area contributed by atoms with E-state index in [1.807, 2.05) is 30.1 Å². The van der Waals surface area contributed by atoms with Crippen LogP contribution in [0.3, 0.4) is 0 Å². The van der Waals surface area contributed by atoms with Crippen LogP contribution < -0.4 is 10.2 Å². The molecule has 0 amide bonds. The third-order valence-electron chi connectivity index (χ3n) is 3.36. The minimum Gasteiger partial charge on any atom is -0.344 e. The summed E-state index contributed by atoms with van der Waals surface area (Å²) in [4.78, 5) is 2.04. The van der Waals surface area contributed by atoms with E-state index in [0.717, 1.165) is 41.5 Å². The lowest BCUT2D eigenvalue weighted by Gasteiger charge is -2.23. The number of halogens is 2. The highest BCUT2D eigenvalue weighted by molar-refractivity contribution is 6.30. The molecule has 0 atom stereocenters. The molecule has 0 aromatic heterocycles. The van der Waals surface area contributed by atoms with Crippen molar-refractivity contribution in [3.05, 3.63) is 58.9 Å². The number of nitrogens with zero attached hydrogens (tertiary/aromatic N) is 1. The number of anilines is 2. The van der Waals surface area contributed by atoms with Crippen molar-refractivity contribution in [3.63, 3.8) is 0 Å². The van der Waals surface area contributed by atoms with Crippen LogP contribution >= 0.6 is 11.6 Å². The fourth-order valence-electron chi connectivity index (χ4n) is 2.23. The number of rotatable bonds is 6. The number of benzene rings is 2. The molecule has 1 N–H and O–H groups in total. The van der Waals surface area contributed by atoms with E-state index < -0.39 is 0 Å². The van der Waals surface area contributed by atoms with Gasteiger partial charge in [0.05, 0.1) is 0 Å². The lowest BCUT2D eigenvalue weighted by molar-refractivity contribution is 0.628. The van der Waals surface area contributed by atoms with Crippen molar-refractivity contribution in [3.8, 4) is 0 Å². The molecule has 112 valence electrons. The molecule has 0 unspecified atom stereocenters. The fourth-order valence-corrected chi connectivity index (χ4v) is 2.42. The first-order valence-electron chi connectivity index (χ1n) is 7.10. The van der Waals surface area contributed by atoms with Crippen molar-refractivity contribution in [1.82, 2.24) is 5.32 Å². The maximum Gasteiger partial charge on any atom is 0.123 e. The zero-order chi connectivity index (χ0) is 15.2. The van der Waals surface area contributed by atoms with Crippen LogP contribution in [-0.4, -0.2) is 13.6 Å². The van der Waals surface area contributed by atoms with Gasteiger partial charge in [-0.05, 0) is 61.0 Å². The third-order valence-corrected chi connectivity index (χ3v) is 3.59. The maximum atomic E-state index is 13.0. The smallest absolute Gasteiger partial charge is 0.123 e. The number of hydrogen-bond acceptors (Lipinski definition) is 2. The van der Waals surface area contributed by atoms with E-state index in [1.165, 1.54) is 12.1 Å². The van der Waals surface area contributed by atoms with Crippen LogP contribution in [0.15, 0.2) is 42.5 Å². The van der Waals surface area contributed by atoms with Crippen molar-refractivity contribution >= 4 is 23.0 Å². The van der Waals surface area contributed by atoms with Gasteiger partial charge >= 0.3 is 0 Å². The van der Waals surface area contributed by atoms with Gasteiger partial charge in [0.25, 0.3) is 0 Å². The molecule has 2 rings (SSSR count). The Morgan fingerprint density at radius 1 is 1.14 bits per heavy atom. The highest BCUT2D eigenvalue weighted by atomic mass is 35.5. The van der Waals surface area contributed by atoms with Crippen LogP contribution in [0, 0.1) is 5.82 Å². The number of nitrogens with one attached hydrogen (secondary N) is 1. The molecule has 2 aromatic carbocycles. The van der Waals surface area contributed by atoms with Crippen LogP contribution in [0.5, 0.6) is 0 Å². The standard InChI is InChI=1S/C17H20ClFN2/c1-3-10-20-12-13-11-14(18)4-9-17(13)21(2)16-7-5-15(19)6-8-16/h4-9,11,20H,3,10,12H2,1-2H3. The molecule has 4 heteroatoms. The third kappa shape index (κ3) is 4.19. The average molecular weight is 307 g/mol. The van der Waals surface area contributed by atoms with E-state index in [1.54, 1.807) is 12.1 Å². The van der Waals surface area contributed by atoms with E-state index in [-0.39, 0.29) is 5.82 Å². The molecular formula is C17H20ClFN2. The molecule has 0 aliphatic carbocycles. The molecule has 0 radical (unpaired) electrons. The van der Waals surface area contributed by atoms with Crippen LogP contribution in [0.2, 0.25) is 5.02 Å². The summed E-state index contributed by atoms with van der Waals surface area (Å²) in [6, 6.07) is 12.3. The van der Waals surface area contributed by atoms with Crippen LogP contribution in [0.1, 0.15) is 18.9 Å². The molecule has 0 fully saturated rings. The predicted octanol–water partition coefficient (Wildman–Crippen LogP) is 4.75. The molecule has 2 nitrogen and oxygen atoms in total. The quantitative estimate of drug-likeness (QED) is 0.775. The van der Waals surface area contributed by atoms with Gasteiger partial charge in [-0.3, -0.25) is 0 Å². The van der Waals surface area contributed by atoms with Crippen molar-refractivity contribution in [1.29, 1.82) is 0 Å². The molecule has 0 spiro atoms. The first kappa shape index (κ1) is 15.8. The highest BCUT2D eigenvalue weighted by Crippen LogP contribution is 2.29. The fraction of sp³-hybridized carbons (Fsp3) is 0.294. The predicted molar refractivity (Wildman–Crippen MR) is 87.9 cm³/mol. The van der Waals surface area contributed by atoms with E-state index in [4.69, 9.17) is 11.6 Å². The Morgan fingerprint density at radius 2 is 1.86 bits per heavy atom. The maximum absolute atomic E-state index is 13.0. The van der Waals surface area contributed by atoms with Gasteiger partial charge in [0.15, 0.2) is 0 Å². The zero-order valence-corrected chi connectivity index (χ0v) is 13.1. The zero-order valence-electron chi connectivity index (χ0n) is 12.4. The molecule has 0 saturated heterocycles. The van der Waals surface area contributed by atoms with Gasteiger partial charge in [-0.1, -0.05) is 18.5 Å². The summed E-state index contributed by atoms with van der Waals surface area (Å²) in [6.45, 7) is 3.86. The van der Waals surface area contributed by atoms with Crippen LogP contribution in [0.25, 0.3) is 0 Å². The summed E-state index contributed by atoms with van der Waals surface area (Å²) in [7, 11) is 1.97. The lowest BCUT2D eigenvalue weighted by atomic mass is 10.1. The van der Waals surface area contributed by atoms with Gasteiger partial charge in [0.2, 0.25) is 0 Å².